The van der Waals surface area contributed by atoms with Crippen LogP contribution < -0.4 is 0 Å². The molecule has 1 aromatic heterocycles. The molecule has 0 bridgehead atoms. The molecule has 1 N–H and O–H groups in total. The Kier molecular flexibility index (Phi) is 3.05. The summed E-state index contributed by atoms with van der Waals surface area (Å²) in [6.45, 7) is 1.86. The van der Waals surface area contributed by atoms with Crippen molar-refractivity contribution in [1.29, 1.82) is 0 Å². The topological polar surface area (TPSA) is 42.1 Å². The van der Waals surface area contributed by atoms with E-state index in [9.17, 15) is 4.79 Å². The zero-order valence-electron chi connectivity index (χ0n) is 9.01. The molecule has 1 atom stereocenters. The van der Waals surface area contributed by atoms with Crippen molar-refractivity contribution in [3.63, 3.8) is 0 Å². The number of hydrogen-bond donors (Lipinski definition) is 1. The van der Waals surface area contributed by atoms with Crippen LogP contribution in [0.4, 0.5) is 0 Å². The standard InChI is InChI=1S/C13H13NO2/c1-10(11-6-3-2-4-7-11)16-13(15)12-8-5-9-14-12/h2-10,14H,1H3/t10-/m1/s1. The lowest BCUT2D eigenvalue weighted by molar-refractivity contribution is 0.0331. The predicted octanol–water partition coefficient (Wildman–Crippen LogP) is 2.93. The van der Waals surface area contributed by atoms with Crippen molar-refractivity contribution in [2.75, 3.05) is 0 Å². The minimum Gasteiger partial charge on any atom is -0.453 e. The van der Waals surface area contributed by atoms with Gasteiger partial charge in [0.2, 0.25) is 0 Å². The Bertz CT molecular complexity index is 448. The maximum absolute atomic E-state index is 11.6. The summed E-state index contributed by atoms with van der Waals surface area (Å²) < 4.78 is 5.31. The van der Waals surface area contributed by atoms with E-state index in [0.717, 1.165) is 5.56 Å². The number of carbonyl (C=O) groups is 1. The van der Waals surface area contributed by atoms with Crippen LogP contribution in [0.3, 0.4) is 0 Å². The molecule has 82 valence electrons. The third kappa shape index (κ3) is 2.31. The molecule has 1 heterocycles. The van der Waals surface area contributed by atoms with Crippen molar-refractivity contribution in [3.05, 3.63) is 59.9 Å². The number of nitrogens with one attached hydrogen (secondary N) is 1. The van der Waals surface area contributed by atoms with Crippen molar-refractivity contribution in [1.82, 2.24) is 4.98 Å². The van der Waals surface area contributed by atoms with E-state index in [0.29, 0.717) is 5.69 Å². The zero-order valence-corrected chi connectivity index (χ0v) is 9.01. The smallest absolute Gasteiger partial charge is 0.355 e. The summed E-state index contributed by atoms with van der Waals surface area (Å²) in [5, 5.41) is 0. The maximum atomic E-state index is 11.6. The molecule has 0 aliphatic rings. The van der Waals surface area contributed by atoms with E-state index in [1.165, 1.54) is 0 Å². The number of esters is 1. The van der Waals surface area contributed by atoms with Gasteiger partial charge in [-0.05, 0) is 24.6 Å². The van der Waals surface area contributed by atoms with E-state index in [1.807, 2.05) is 37.3 Å². The zero-order chi connectivity index (χ0) is 11.4. The third-order valence-electron chi connectivity index (χ3n) is 2.37. The van der Waals surface area contributed by atoms with Crippen LogP contribution in [-0.4, -0.2) is 11.0 Å². The summed E-state index contributed by atoms with van der Waals surface area (Å²) in [7, 11) is 0. The summed E-state index contributed by atoms with van der Waals surface area (Å²) in [5.74, 6) is -0.332. The van der Waals surface area contributed by atoms with Crippen LogP contribution in [0.2, 0.25) is 0 Å². The summed E-state index contributed by atoms with van der Waals surface area (Å²) >= 11 is 0. The third-order valence-corrected chi connectivity index (χ3v) is 2.37. The average Bonchev–Trinajstić information content (AvgIpc) is 2.83. The van der Waals surface area contributed by atoms with Crippen LogP contribution in [0.1, 0.15) is 29.1 Å². The highest BCUT2D eigenvalue weighted by molar-refractivity contribution is 5.87. The highest BCUT2D eigenvalue weighted by Crippen LogP contribution is 2.17. The Morgan fingerprint density at radius 2 is 1.94 bits per heavy atom. The van der Waals surface area contributed by atoms with E-state index in [4.69, 9.17) is 4.74 Å². The molecule has 0 unspecified atom stereocenters. The van der Waals surface area contributed by atoms with Crippen LogP contribution in [0, 0.1) is 0 Å². The first-order chi connectivity index (χ1) is 7.77. The van der Waals surface area contributed by atoms with Gasteiger partial charge in [-0.15, -0.1) is 0 Å². The van der Waals surface area contributed by atoms with Gasteiger partial charge >= 0.3 is 5.97 Å². The van der Waals surface area contributed by atoms with Gasteiger partial charge in [-0.25, -0.2) is 4.79 Å². The molecule has 0 radical (unpaired) electrons. The maximum Gasteiger partial charge on any atom is 0.355 e. The summed E-state index contributed by atoms with van der Waals surface area (Å²) in [4.78, 5) is 14.5. The van der Waals surface area contributed by atoms with Gasteiger partial charge in [0, 0.05) is 6.20 Å². The lowest BCUT2D eigenvalue weighted by Gasteiger charge is -2.12. The van der Waals surface area contributed by atoms with E-state index in [1.54, 1.807) is 18.3 Å². The summed E-state index contributed by atoms with van der Waals surface area (Å²) in [6.07, 6.45) is 1.46. The minimum atomic E-state index is -0.332. The van der Waals surface area contributed by atoms with Gasteiger partial charge in [-0.3, -0.25) is 0 Å². The van der Waals surface area contributed by atoms with Crippen molar-refractivity contribution in [3.8, 4) is 0 Å². The fourth-order valence-corrected chi connectivity index (χ4v) is 1.47. The molecule has 0 spiro atoms. The second-order valence-electron chi connectivity index (χ2n) is 3.54. The Morgan fingerprint density at radius 1 is 1.19 bits per heavy atom. The van der Waals surface area contributed by atoms with Crippen LogP contribution in [0.25, 0.3) is 0 Å². The van der Waals surface area contributed by atoms with Gasteiger partial charge in [0.05, 0.1) is 0 Å². The van der Waals surface area contributed by atoms with Gasteiger partial charge in [0.1, 0.15) is 11.8 Å². The lowest BCUT2D eigenvalue weighted by atomic mass is 10.1. The number of H-pyrrole nitrogens is 1. The number of carbonyl (C=O) groups excluding carboxylic acids is 1. The van der Waals surface area contributed by atoms with Gasteiger partial charge in [0.25, 0.3) is 0 Å². The molecule has 3 heteroatoms. The molecule has 1 aromatic carbocycles. The minimum absolute atomic E-state index is 0.239. The second-order valence-corrected chi connectivity index (χ2v) is 3.54. The number of rotatable bonds is 3. The van der Waals surface area contributed by atoms with Gasteiger partial charge in [-0.2, -0.15) is 0 Å². The first-order valence-corrected chi connectivity index (χ1v) is 5.16. The molecule has 0 amide bonds. The highest BCUT2D eigenvalue weighted by Gasteiger charge is 2.13. The van der Waals surface area contributed by atoms with E-state index < -0.39 is 0 Å². The summed E-state index contributed by atoms with van der Waals surface area (Å²) in [6, 6.07) is 13.1. The Balaban J connectivity index is 2.03. The van der Waals surface area contributed by atoms with Crippen molar-refractivity contribution >= 4 is 5.97 Å². The molecule has 0 fully saturated rings. The fourth-order valence-electron chi connectivity index (χ4n) is 1.47. The molecule has 3 nitrogen and oxygen atoms in total. The number of aromatic nitrogens is 1. The summed E-state index contributed by atoms with van der Waals surface area (Å²) in [5.41, 5.74) is 1.46. The quantitative estimate of drug-likeness (QED) is 0.800. The van der Waals surface area contributed by atoms with Crippen molar-refractivity contribution in [2.45, 2.75) is 13.0 Å². The Hall–Kier alpha value is -2.03. The Morgan fingerprint density at radius 3 is 2.56 bits per heavy atom. The van der Waals surface area contributed by atoms with E-state index >= 15 is 0 Å². The van der Waals surface area contributed by atoms with Gasteiger partial charge < -0.3 is 9.72 Å². The predicted molar refractivity (Wildman–Crippen MR) is 61.1 cm³/mol. The highest BCUT2D eigenvalue weighted by atomic mass is 16.5. The molecular weight excluding hydrogens is 202 g/mol. The molecule has 2 rings (SSSR count). The SMILES string of the molecule is C[C@@H](OC(=O)c1ccc[nH]1)c1ccccc1. The molecular formula is C13H13NO2. The molecule has 16 heavy (non-hydrogen) atoms. The second kappa shape index (κ2) is 4.66. The number of ether oxygens (including phenoxy) is 1. The molecule has 0 saturated carbocycles. The molecule has 0 aliphatic carbocycles. The first kappa shape index (κ1) is 10.5. The van der Waals surface area contributed by atoms with E-state index in [-0.39, 0.29) is 12.1 Å². The van der Waals surface area contributed by atoms with Crippen LogP contribution in [0.5, 0.6) is 0 Å². The molecule has 0 saturated heterocycles. The van der Waals surface area contributed by atoms with Crippen molar-refractivity contribution < 1.29 is 9.53 Å². The van der Waals surface area contributed by atoms with Gasteiger partial charge in [-0.1, -0.05) is 30.3 Å². The Labute approximate surface area is 94.1 Å². The van der Waals surface area contributed by atoms with E-state index in [2.05, 4.69) is 4.98 Å². The first-order valence-electron chi connectivity index (χ1n) is 5.16. The van der Waals surface area contributed by atoms with Crippen molar-refractivity contribution in [2.24, 2.45) is 0 Å². The van der Waals surface area contributed by atoms with Gasteiger partial charge in [0.15, 0.2) is 0 Å². The number of benzene rings is 1. The fraction of sp³-hybridized carbons (Fsp3) is 0.154. The average molecular weight is 215 g/mol. The largest absolute Gasteiger partial charge is 0.453 e. The monoisotopic (exact) mass is 215 g/mol. The van der Waals surface area contributed by atoms with Crippen LogP contribution in [-0.2, 0) is 4.74 Å². The number of hydrogen-bond acceptors (Lipinski definition) is 2. The van der Waals surface area contributed by atoms with Crippen LogP contribution >= 0.6 is 0 Å². The molecule has 0 aliphatic heterocycles. The normalized spacial score (nSPS) is 12.1. The van der Waals surface area contributed by atoms with Crippen LogP contribution in [0.15, 0.2) is 48.7 Å². The lowest BCUT2D eigenvalue weighted by Crippen LogP contribution is -2.09. The molecule has 2 aromatic rings. The number of aromatic amines is 1.